The maximum Gasteiger partial charge on any atom is 0.327 e. The van der Waals surface area contributed by atoms with Crippen molar-refractivity contribution in [3.05, 3.63) is 42.5 Å². The average Bonchev–Trinajstić information content (AvgIpc) is 3.02. The van der Waals surface area contributed by atoms with Crippen molar-refractivity contribution in [2.45, 2.75) is 32.9 Å². The van der Waals surface area contributed by atoms with Crippen molar-refractivity contribution in [3.8, 4) is 0 Å². The first-order valence-corrected chi connectivity index (χ1v) is 9.65. The molecule has 1 N–H and O–H groups in total. The third-order valence-corrected chi connectivity index (χ3v) is 5.34. The maximum atomic E-state index is 11.6. The Balaban J connectivity index is 1.29. The summed E-state index contributed by atoms with van der Waals surface area (Å²) in [5.41, 5.74) is 3.30. The number of hydrogen-bond acceptors (Lipinski definition) is 6. The van der Waals surface area contributed by atoms with Gasteiger partial charge in [-0.15, -0.1) is 0 Å². The van der Waals surface area contributed by atoms with Crippen LogP contribution in [0.25, 0.3) is 11.0 Å². The van der Waals surface area contributed by atoms with Crippen molar-refractivity contribution in [1.29, 1.82) is 0 Å². The van der Waals surface area contributed by atoms with Crippen molar-refractivity contribution in [1.82, 2.24) is 24.3 Å². The maximum absolute atomic E-state index is 11.6. The number of allylic oxidation sites excluding steroid dienone is 2. The fourth-order valence-electron chi connectivity index (χ4n) is 4.00. The molecule has 0 amide bonds. The molecule has 2 aliphatic carbocycles. The Hall–Kier alpha value is -3.16. The van der Waals surface area contributed by atoms with Gasteiger partial charge in [-0.1, -0.05) is 11.6 Å². The lowest BCUT2D eigenvalue weighted by atomic mass is 10.1. The highest BCUT2D eigenvalue weighted by molar-refractivity contribution is 5.76. The summed E-state index contributed by atoms with van der Waals surface area (Å²) in [7, 11) is 0. The van der Waals surface area contributed by atoms with E-state index in [-0.39, 0.29) is 12.5 Å². The van der Waals surface area contributed by atoms with Gasteiger partial charge < -0.3 is 14.6 Å². The fraction of sp³-hybridized carbons (Fsp3) is 0.400. The van der Waals surface area contributed by atoms with Crippen LogP contribution < -0.4 is 5.32 Å². The summed E-state index contributed by atoms with van der Waals surface area (Å²) in [5, 5.41) is 8.37. The second kappa shape index (κ2) is 6.78. The highest BCUT2D eigenvalue weighted by Crippen LogP contribution is 2.48. The lowest BCUT2D eigenvalue weighted by molar-refractivity contribution is -0.144. The average molecular weight is 378 g/mol. The Morgan fingerprint density at radius 2 is 2.32 bits per heavy atom. The van der Waals surface area contributed by atoms with Gasteiger partial charge in [0.25, 0.3) is 0 Å². The zero-order chi connectivity index (χ0) is 19.1. The molecule has 0 unspecified atom stereocenters. The van der Waals surface area contributed by atoms with Crippen molar-refractivity contribution >= 4 is 28.6 Å². The zero-order valence-corrected chi connectivity index (χ0v) is 15.7. The van der Waals surface area contributed by atoms with E-state index >= 15 is 0 Å². The summed E-state index contributed by atoms with van der Waals surface area (Å²) >= 11 is 0. The monoisotopic (exact) mass is 378 g/mol. The van der Waals surface area contributed by atoms with Gasteiger partial charge in [0.05, 0.1) is 18.5 Å². The first-order chi connectivity index (χ1) is 13.7. The molecule has 5 rings (SSSR count). The smallest absolute Gasteiger partial charge is 0.327 e. The topological polar surface area (TPSA) is 86.9 Å². The standard InChI is InChI=1S/C20H22N6O2/c1-2-28-18(27)12-26-11-17(9-22-26)23-20-21-8-14-3-4-25(19(14)24-20)10-13-5-15-7-16(15)6-13/h3-4,7-9,11,13,15H,2,5-6,10,12H2,1H3,(H,21,23,24)/t13-,15-/m0/s1. The number of fused-ring (bicyclic) bond motifs is 2. The summed E-state index contributed by atoms with van der Waals surface area (Å²) in [5.74, 6) is 1.69. The number of nitrogens with one attached hydrogen (secondary N) is 1. The van der Waals surface area contributed by atoms with E-state index < -0.39 is 0 Å². The molecule has 0 aliphatic heterocycles. The molecule has 8 nitrogen and oxygen atoms in total. The number of hydrogen-bond donors (Lipinski definition) is 1. The van der Waals surface area contributed by atoms with Gasteiger partial charge in [0.15, 0.2) is 0 Å². The van der Waals surface area contributed by atoms with Crippen molar-refractivity contribution < 1.29 is 9.53 Å². The number of nitrogens with zero attached hydrogens (tertiary/aromatic N) is 5. The van der Waals surface area contributed by atoms with Crippen LogP contribution in [0.2, 0.25) is 0 Å². The predicted octanol–water partition coefficient (Wildman–Crippen LogP) is 2.90. The van der Waals surface area contributed by atoms with E-state index in [0.717, 1.165) is 29.2 Å². The normalized spacial score (nSPS) is 20.1. The molecular weight excluding hydrogens is 356 g/mol. The highest BCUT2D eigenvalue weighted by Gasteiger charge is 2.36. The molecule has 28 heavy (non-hydrogen) atoms. The van der Waals surface area contributed by atoms with Gasteiger partial charge in [0.2, 0.25) is 5.95 Å². The molecule has 0 radical (unpaired) electrons. The van der Waals surface area contributed by atoms with Crippen LogP contribution in [0.3, 0.4) is 0 Å². The quantitative estimate of drug-likeness (QED) is 0.502. The fourth-order valence-corrected chi connectivity index (χ4v) is 4.00. The van der Waals surface area contributed by atoms with Crippen LogP contribution in [-0.2, 0) is 22.6 Å². The minimum absolute atomic E-state index is 0.0804. The summed E-state index contributed by atoms with van der Waals surface area (Å²) in [4.78, 5) is 20.7. The largest absolute Gasteiger partial charge is 0.465 e. The summed E-state index contributed by atoms with van der Waals surface area (Å²) in [6, 6.07) is 2.06. The summed E-state index contributed by atoms with van der Waals surface area (Å²) in [6.07, 6.45) is 12.2. The predicted molar refractivity (Wildman–Crippen MR) is 104 cm³/mol. The lowest BCUT2D eigenvalue weighted by Gasteiger charge is -2.12. The van der Waals surface area contributed by atoms with Gasteiger partial charge in [-0.25, -0.2) is 4.98 Å². The second-order valence-electron chi connectivity index (χ2n) is 7.45. The van der Waals surface area contributed by atoms with Crippen LogP contribution in [0.5, 0.6) is 0 Å². The van der Waals surface area contributed by atoms with Crippen LogP contribution >= 0.6 is 0 Å². The van der Waals surface area contributed by atoms with Gasteiger partial charge in [-0.3, -0.25) is 9.48 Å². The van der Waals surface area contributed by atoms with E-state index in [4.69, 9.17) is 9.72 Å². The molecule has 3 heterocycles. The Labute approximate surface area is 162 Å². The van der Waals surface area contributed by atoms with Crippen molar-refractivity contribution in [3.63, 3.8) is 0 Å². The molecule has 8 heteroatoms. The van der Waals surface area contributed by atoms with E-state index in [9.17, 15) is 4.79 Å². The molecule has 0 bridgehead atoms. The van der Waals surface area contributed by atoms with E-state index in [1.165, 1.54) is 17.5 Å². The van der Waals surface area contributed by atoms with Crippen LogP contribution in [0.15, 0.2) is 42.5 Å². The molecule has 2 atom stereocenters. The Morgan fingerprint density at radius 3 is 3.14 bits per heavy atom. The Morgan fingerprint density at radius 1 is 1.39 bits per heavy atom. The number of ether oxygens (including phenoxy) is 1. The van der Waals surface area contributed by atoms with Gasteiger partial charge in [-0.2, -0.15) is 10.1 Å². The molecule has 144 valence electrons. The minimum atomic E-state index is -0.312. The number of aromatic nitrogens is 5. The molecule has 1 saturated carbocycles. The molecule has 2 aliphatic rings. The summed E-state index contributed by atoms with van der Waals surface area (Å²) < 4.78 is 8.69. The van der Waals surface area contributed by atoms with Crippen molar-refractivity contribution in [2.24, 2.45) is 11.8 Å². The van der Waals surface area contributed by atoms with Gasteiger partial charge in [0, 0.05) is 30.5 Å². The molecule has 0 saturated heterocycles. The molecular formula is C20H22N6O2. The van der Waals surface area contributed by atoms with Gasteiger partial charge in [0.1, 0.15) is 12.2 Å². The molecule has 3 aromatic rings. The zero-order valence-electron chi connectivity index (χ0n) is 15.7. The van der Waals surface area contributed by atoms with Gasteiger partial charge in [-0.05, 0) is 37.7 Å². The van der Waals surface area contributed by atoms with Crippen LogP contribution in [-0.4, -0.2) is 36.9 Å². The Kier molecular flexibility index (Phi) is 4.11. The molecule has 0 spiro atoms. The molecule has 3 aromatic heterocycles. The first kappa shape index (κ1) is 17.0. The van der Waals surface area contributed by atoms with E-state index in [0.29, 0.717) is 18.5 Å². The van der Waals surface area contributed by atoms with Crippen LogP contribution in [0, 0.1) is 11.8 Å². The molecule has 0 aromatic carbocycles. The SMILES string of the molecule is CCOC(=O)Cn1cc(Nc2ncc3ccn(C[C@@H]4CC5=C[C@@H]5C4)c3n2)cn1. The van der Waals surface area contributed by atoms with E-state index in [1.54, 1.807) is 24.9 Å². The summed E-state index contributed by atoms with van der Waals surface area (Å²) in [6.45, 7) is 3.21. The van der Waals surface area contributed by atoms with E-state index in [2.05, 4.69) is 38.3 Å². The second-order valence-corrected chi connectivity index (χ2v) is 7.45. The third-order valence-electron chi connectivity index (χ3n) is 5.34. The number of carbonyl (C=O) groups excluding carboxylic acids is 1. The van der Waals surface area contributed by atoms with Crippen LogP contribution in [0.1, 0.15) is 19.8 Å². The molecule has 1 fully saturated rings. The van der Waals surface area contributed by atoms with Gasteiger partial charge >= 0.3 is 5.97 Å². The van der Waals surface area contributed by atoms with Crippen molar-refractivity contribution in [2.75, 3.05) is 11.9 Å². The number of carbonyl (C=O) groups is 1. The van der Waals surface area contributed by atoms with Crippen LogP contribution in [0.4, 0.5) is 11.6 Å². The number of esters is 1. The minimum Gasteiger partial charge on any atom is -0.465 e. The first-order valence-electron chi connectivity index (χ1n) is 9.65. The lowest BCUT2D eigenvalue weighted by Crippen LogP contribution is -2.13. The number of anilines is 2. The highest BCUT2D eigenvalue weighted by atomic mass is 16.5. The third kappa shape index (κ3) is 3.37. The number of rotatable bonds is 7. The van der Waals surface area contributed by atoms with E-state index in [1.807, 2.05) is 6.20 Å². The Bertz CT molecular complexity index is 1070.